The molecule has 24 heavy (non-hydrogen) atoms. The van der Waals surface area contributed by atoms with Crippen molar-refractivity contribution in [3.63, 3.8) is 0 Å². The zero-order valence-corrected chi connectivity index (χ0v) is 14.0. The molecule has 3 rings (SSSR count). The van der Waals surface area contributed by atoms with Gasteiger partial charge in [0.15, 0.2) is 5.56 Å². The average molecular weight is 330 g/mol. The number of hydrogen-bond acceptors (Lipinski definition) is 5. The first-order valence-electron chi connectivity index (χ1n) is 8.25. The van der Waals surface area contributed by atoms with Crippen LogP contribution in [0.25, 0.3) is 5.65 Å². The number of rotatable bonds is 4. The van der Waals surface area contributed by atoms with E-state index < -0.39 is 17.3 Å². The lowest BCUT2D eigenvalue weighted by Crippen LogP contribution is -2.41. The Kier molecular flexibility index (Phi) is 4.53. The molecular formula is C17H22N4O3. The van der Waals surface area contributed by atoms with Gasteiger partial charge in [0.05, 0.1) is 0 Å². The van der Waals surface area contributed by atoms with E-state index in [0.29, 0.717) is 12.2 Å². The standard InChI is InChI=1S/C17H22N4O3/c1-3-20-7-4-5-12(20)10-18-15(22)14-16(23)19-13-9-11(2)6-8-21(13)17(14)24/h6,8-9,12,23H,3-5,7,10H2,1-2H3,(H,18,22). The number of aryl methyl sites for hydroxylation is 1. The molecule has 7 heteroatoms. The fraction of sp³-hybridized carbons (Fsp3) is 0.471. The van der Waals surface area contributed by atoms with Crippen molar-refractivity contribution < 1.29 is 9.90 Å². The molecule has 0 saturated carbocycles. The van der Waals surface area contributed by atoms with Crippen molar-refractivity contribution in [2.75, 3.05) is 19.6 Å². The molecule has 1 amide bonds. The van der Waals surface area contributed by atoms with Crippen LogP contribution in [-0.2, 0) is 0 Å². The van der Waals surface area contributed by atoms with Crippen LogP contribution in [0.15, 0.2) is 23.1 Å². The van der Waals surface area contributed by atoms with Crippen molar-refractivity contribution in [2.45, 2.75) is 32.7 Å². The monoisotopic (exact) mass is 330 g/mol. The highest BCUT2D eigenvalue weighted by molar-refractivity contribution is 5.96. The molecule has 1 fully saturated rings. The first-order chi connectivity index (χ1) is 11.5. The van der Waals surface area contributed by atoms with Crippen molar-refractivity contribution >= 4 is 11.6 Å². The smallest absolute Gasteiger partial charge is 0.274 e. The Bertz CT molecular complexity index is 830. The molecule has 2 N–H and O–H groups in total. The van der Waals surface area contributed by atoms with Gasteiger partial charge in [0.25, 0.3) is 11.5 Å². The Morgan fingerprint density at radius 2 is 2.29 bits per heavy atom. The molecule has 0 bridgehead atoms. The summed E-state index contributed by atoms with van der Waals surface area (Å²) in [6, 6.07) is 3.72. The van der Waals surface area contributed by atoms with Gasteiger partial charge in [0.2, 0.25) is 5.88 Å². The minimum atomic E-state index is -0.581. The van der Waals surface area contributed by atoms with E-state index in [1.807, 2.05) is 6.92 Å². The first-order valence-corrected chi connectivity index (χ1v) is 8.25. The number of amides is 1. The third kappa shape index (κ3) is 2.99. The lowest BCUT2D eigenvalue weighted by molar-refractivity contribution is 0.0936. The summed E-state index contributed by atoms with van der Waals surface area (Å²) in [5.74, 6) is -1.11. The maximum Gasteiger partial charge on any atom is 0.274 e. The van der Waals surface area contributed by atoms with Gasteiger partial charge >= 0.3 is 0 Å². The number of hydrogen-bond donors (Lipinski definition) is 2. The van der Waals surface area contributed by atoms with Crippen LogP contribution >= 0.6 is 0 Å². The zero-order valence-electron chi connectivity index (χ0n) is 14.0. The predicted octanol–water partition coefficient (Wildman–Crippen LogP) is 0.923. The molecule has 1 aliphatic heterocycles. The SMILES string of the molecule is CCN1CCCC1CNC(=O)c1c(O)nc2cc(C)ccn2c1=O. The van der Waals surface area contributed by atoms with Gasteiger partial charge in [-0.2, -0.15) is 4.98 Å². The minimum Gasteiger partial charge on any atom is -0.493 e. The first kappa shape index (κ1) is 16.4. The molecule has 0 aromatic carbocycles. The van der Waals surface area contributed by atoms with Gasteiger partial charge in [0.1, 0.15) is 5.65 Å². The van der Waals surface area contributed by atoms with Crippen LogP contribution in [0.1, 0.15) is 35.7 Å². The summed E-state index contributed by atoms with van der Waals surface area (Å²) in [4.78, 5) is 31.2. The van der Waals surface area contributed by atoms with E-state index in [0.717, 1.165) is 31.5 Å². The van der Waals surface area contributed by atoms with E-state index >= 15 is 0 Å². The molecule has 1 unspecified atom stereocenters. The van der Waals surface area contributed by atoms with Gasteiger partial charge in [0, 0.05) is 18.8 Å². The number of aromatic hydroxyl groups is 1. The molecule has 0 radical (unpaired) electrons. The van der Waals surface area contributed by atoms with E-state index in [2.05, 4.69) is 22.1 Å². The molecular weight excluding hydrogens is 308 g/mol. The van der Waals surface area contributed by atoms with Crippen LogP contribution in [0, 0.1) is 6.92 Å². The molecule has 0 aliphatic carbocycles. The lowest BCUT2D eigenvalue weighted by Gasteiger charge is -2.22. The lowest BCUT2D eigenvalue weighted by atomic mass is 10.2. The molecule has 2 aromatic rings. The highest BCUT2D eigenvalue weighted by Gasteiger charge is 2.25. The third-order valence-corrected chi connectivity index (χ3v) is 4.60. The summed E-state index contributed by atoms with van der Waals surface area (Å²) in [6.45, 7) is 6.38. The Labute approximate surface area is 139 Å². The topological polar surface area (TPSA) is 86.9 Å². The Balaban J connectivity index is 1.84. The van der Waals surface area contributed by atoms with Crippen LogP contribution in [0.2, 0.25) is 0 Å². The van der Waals surface area contributed by atoms with E-state index in [1.165, 1.54) is 4.40 Å². The highest BCUT2D eigenvalue weighted by Crippen LogP contribution is 2.16. The molecule has 3 heterocycles. The van der Waals surface area contributed by atoms with Crippen molar-refractivity contribution in [1.29, 1.82) is 0 Å². The predicted molar refractivity (Wildman–Crippen MR) is 90.5 cm³/mol. The molecule has 1 atom stereocenters. The number of carbonyl (C=O) groups excluding carboxylic acids is 1. The van der Waals surface area contributed by atoms with E-state index in [9.17, 15) is 14.7 Å². The number of nitrogens with zero attached hydrogens (tertiary/aromatic N) is 3. The number of carbonyl (C=O) groups is 1. The quantitative estimate of drug-likeness (QED) is 0.871. The fourth-order valence-corrected chi connectivity index (χ4v) is 3.27. The Morgan fingerprint density at radius 1 is 1.50 bits per heavy atom. The average Bonchev–Trinajstić information content (AvgIpc) is 3.00. The number of fused-ring (bicyclic) bond motifs is 1. The second kappa shape index (κ2) is 6.60. The number of aromatic nitrogens is 2. The van der Waals surface area contributed by atoms with E-state index in [1.54, 1.807) is 18.3 Å². The summed E-state index contributed by atoms with van der Waals surface area (Å²) in [5, 5.41) is 12.8. The van der Waals surface area contributed by atoms with Gasteiger partial charge in [-0.3, -0.25) is 18.9 Å². The maximum atomic E-state index is 12.5. The number of pyridine rings is 1. The largest absolute Gasteiger partial charge is 0.493 e. The zero-order chi connectivity index (χ0) is 17.3. The van der Waals surface area contributed by atoms with Crippen LogP contribution in [-0.4, -0.2) is 51.0 Å². The van der Waals surface area contributed by atoms with Crippen molar-refractivity contribution in [3.8, 4) is 5.88 Å². The normalized spacial score (nSPS) is 18.2. The molecule has 1 aliphatic rings. The number of nitrogens with one attached hydrogen (secondary N) is 1. The molecule has 0 spiro atoms. The van der Waals surface area contributed by atoms with Gasteiger partial charge in [-0.1, -0.05) is 6.92 Å². The van der Waals surface area contributed by atoms with Gasteiger partial charge in [-0.05, 0) is 50.6 Å². The number of likely N-dealkylation sites (N-methyl/N-ethyl adjacent to an activating group) is 1. The van der Waals surface area contributed by atoms with E-state index in [-0.39, 0.29) is 11.6 Å². The molecule has 128 valence electrons. The third-order valence-electron chi connectivity index (χ3n) is 4.60. The number of likely N-dealkylation sites (tertiary alicyclic amines) is 1. The molecule has 2 aromatic heterocycles. The second-order valence-electron chi connectivity index (χ2n) is 6.18. The maximum absolute atomic E-state index is 12.5. The highest BCUT2D eigenvalue weighted by atomic mass is 16.3. The van der Waals surface area contributed by atoms with Gasteiger partial charge < -0.3 is 10.4 Å². The molecule has 7 nitrogen and oxygen atoms in total. The van der Waals surface area contributed by atoms with Crippen LogP contribution < -0.4 is 10.9 Å². The fourth-order valence-electron chi connectivity index (χ4n) is 3.27. The van der Waals surface area contributed by atoms with Crippen LogP contribution in [0.4, 0.5) is 0 Å². The minimum absolute atomic E-state index is 0.278. The second-order valence-corrected chi connectivity index (χ2v) is 6.18. The van der Waals surface area contributed by atoms with Crippen molar-refractivity contribution in [3.05, 3.63) is 39.8 Å². The summed E-state index contributed by atoms with van der Waals surface area (Å²) in [7, 11) is 0. The summed E-state index contributed by atoms with van der Waals surface area (Å²) in [5.41, 5.74) is 0.368. The summed E-state index contributed by atoms with van der Waals surface area (Å²) in [6.07, 6.45) is 3.69. The van der Waals surface area contributed by atoms with Gasteiger partial charge in [-0.25, -0.2) is 0 Å². The van der Waals surface area contributed by atoms with Gasteiger partial charge in [-0.15, -0.1) is 0 Å². The van der Waals surface area contributed by atoms with Crippen molar-refractivity contribution in [1.82, 2.24) is 19.6 Å². The van der Waals surface area contributed by atoms with Crippen molar-refractivity contribution in [2.24, 2.45) is 0 Å². The Morgan fingerprint density at radius 3 is 3.04 bits per heavy atom. The summed E-state index contributed by atoms with van der Waals surface area (Å²) >= 11 is 0. The Hall–Kier alpha value is -2.41. The molecule has 1 saturated heterocycles. The summed E-state index contributed by atoms with van der Waals surface area (Å²) < 4.78 is 1.27. The van der Waals surface area contributed by atoms with Crippen LogP contribution in [0.5, 0.6) is 5.88 Å². The van der Waals surface area contributed by atoms with Crippen LogP contribution in [0.3, 0.4) is 0 Å². The van der Waals surface area contributed by atoms with E-state index in [4.69, 9.17) is 0 Å².